The lowest BCUT2D eigenvalue weighted by atomic mass is 10.1. The number of ether oxygens (including phenoxy) is 1. The number of carbonyl (C=O) groups is 1. The lowest BCUT2D eigenvalue weighted by Gasteiger charge is -2.32. The van der Waals surface area contributed by atoms with E-state index in [0.29, 0.717) is 31.0 Å². The highest BCUT2D eigenvalue weighted by atomic mass is 35.5. The molecule has 0 unspecified atom stereocenters. The van der Waals surface area contributed by atoms with Gasteiger partial charge in [-0.05, 0) is 30.3 Å². The molecule has 0 bridgehead atoms. The summed E-state index contributed by atoms with van der Waals surface area (Å²) in [4.78, 5) is 14.1. The highest BCUT2D eigenvalue weighted by molar-refractivity contribution is 6.30. The Kier molecular flexibility index (Phi) is 5.08. The van der Waals surface area contributed by atoms with Crippen molar-refractivity contribution < 1.29 is 18.3 Å². The predicted molar refractivity (Wildman–Crippen MR) is 91.8 cm³/mol. The Labute approximate surface area is 149 Å². The van der Waals surface area contributed by atoms with Gasteiger partial charge in [-0.25, -0.2) is 8.78 Å². The average Bonchev–Trinajstić information content (AvgIpc) is 2.60. The van der Waals surface area contributed by atoms with Gasteiger partial charge in [0, 0.05) is 42.7 Å². The number of amides is 1. The van der Waals surface area contributed by atoms with Crippen LogP contribution in [0, 0.1) is 11.6 Å². The van der Waals surface area contributed by atoms with E-state index in [0.717, 1.165) is 17.9 Å². The third-order valence-corrected chi connectivity index (χ3v) is 4.42. The van der Waals surface area contributed by atoms with Crippen molar-refractivity contribution in [2.24, 2.45) is 0 Å². The molecule has 2 N–H and O–H groups in total. The van der Waals surface area contributed by atoms with Crippen molar-refractivity contribution in [3.8, 4) is 5.75 Å². The summed E-state index contributed by atoms with van der Waals surface area (Å²) in [7, 11) is 0. The number of nitrogens with two attached hydrogens (primary N) is 1. The van der Waals surface area contributed by atoms with E-state index in [-0.39, 0.29) is 17.4 Å². The van der Waals surface area contributed by atoms with Gasteiger partial charge in [0.25, 0.3) is 5.91 Å². The first-order chi connectivity index (χ1) is 11.9. The third-order valence-electron chi connectivity index (χ3n) is 4.17. The Morgan fingerprint density at radius 2 is 1.72 bits per heavy atom. The number of piperidine rings is 1. The van der Waals surface area contributed by atoms with Crippen molar-refractivity contribution in [1.29, 1.82) is 0 Å². The summed E-state index contributed by atoms with van der Waals surface area (Å²) in [5.41, 5.74) is 5.57. The van der Waals surface area contributed by atoms with E-state index in [1.807, 2.05) is 0 Å². The Hall–Kier alpha value is -2.34. The number of benzene rings is 2. The van der Waals surface area contributed by atoms with Crippen molar-refractivity contribution in [3.63, 3.8) is 0 Å². The molecule has 3 rings (SSSR count). The van der Waals surface area contributed by atoms with Crippen LogP contribution in [0.5, 0.6) is 5.75 Å². The largest absolute Gasteiger partial charge is 0.490 e. The highest BCUT2D eigenvalue weighted by Crippen LogP contribution is 2.24. The van der Waals surface area contributed by atoms with Crippen LogP contribution < -0.4 is 10.5 Å². The number of likely N-dealkylation sites (tertiary alicyclic amines) is 1. The minimum absolute atomic E-state index is 0.0176. The van der Waals surface area contributed by atoms with Crippen LogP contribution in [0.3, 0.4) is 0 Å². The summed E-state index contributed by atoms with van der Waals surface area (Å²) in [5.74, 6) is -1.83. The van der Waals surface area contributed by atoms with E-state index in [2.05, 4.69) is 0 Å². The van der Waals surface area contributed by atoms with Crippen LogP contribution in [0.4, 0.5) is 14.5 Å². The third kappa shape index (κ3) is 4.02. The molecule has 2 aromatic rings. The van der Waals surface area contributed by atoms with Crippen LogP contribution in [0.2, 0.25) is 5.02 Å². The maximum Gasteiger partial charge on any atom is 0.256 e. The molecule has 1 saturated heterocycles. The van der Waals surface area contributed by atoms with Crippen molar-refractivity contribution in [1.82, 2.24) is 4.90 Å². The van der Waals surface area contributed by atoms with Crippen LogP contribution >= 0.6 is 11.6 Å². The Morgan fingerprint density at radius 1 is 1.12 bits per heavy atom. The number of hydrogen-bond donors (Lipinski definition) is 1. The topological polar surface area (TPSA) is 55.6 Å². The van der Waals surface area contributed by atoms with E-state index in [9.17, 15) is 13.6 Å². The number of nitrogens with zero attached hydrogens (tertiary/aromatic N) is 1. The molecular formula is C18H17ClF2N2O2. The molecule has 0 aromatic heterocycles. The van der Waals surface area contributed by atoms with Gasteiger partial charge in [0.05, 0.1) is 5.56 Å². The summed E-state index contributed by atoms with van der Waals surface area (Å²) < 4.78 is 32.4. The number of rotatable bonds is 3. The van der Waals surface area contributed by atoms with E-state index in [1.165, 1.54) is 0 Å². The first kappa shape index (κ1) is 17.5. The molecule has 0 radical (unpaired) electrons. The minimum Gasteiger partial charge on any atom is -0.490 e. The monoisotopic (exact) mass is 366 g/mol. The first-order valence-electron chi connectivity index (χ1n) is 7.90. The number of hydrogen-bond acceptors (Lipinski definition) is 3. The van der Waals surface area contributed by atoms with Crippen molar-refractivity contribution in [3.05, 3.63) is 58.6 Å². The number of halogens is 3. The van der Waals surface area contributed by atoms with Gasteiger partial charge in [0.15, 0.2) is 11.6 Å². The second-order valence-electron chi connectivity index (χ2n) is 5.92. The lowest BCUT2D eigenvalue weighted by Crippen LogP contribution is -2.42. The smallest absolute Gasteiger partial charge is 0.256 e. The van der Waals surface area contributed by atoms with Gasteiger partial charge in [-0.15, -0.1) is 0 Å². The summed E-state index contributed by atoms with van der Waals surface area (Å²) >= 11 is 5.84. The zero-order chi connectivity index (χ0) is 18.0. The molecule has 0 aliphatic carbocycles. The van der Waals surface area contributed by atoms with Crippen LogP contribution in [0.15, 0.2) is 36.4 Å². The molecule has 4 nitrogen and oxygen atoms in total. The molecule has 1 heterocycles. The summed E-state index contributed by atoms with van der Waals surface area (Å²) in [6.45, 7) is 0.908. The normalized spacial score (nSPS) is 15.2. The molecule has 1 amide bonds. The van der Waals surface area contributed by atoms with Crippen LogP contribution in [0.1, 0.15) is 23.2 Å². The fourth-order valence-corrected chi connectivity index (χ4v) is 2.93. The van der Waals surface area contributed by atoms with E-state index in [1.54, 1.807) is 29.2 Å². The Balaban J connectivity index is 1.61. The van der Waals surface area contributed by atoms with Crippen molar-refractivity contribution in [2.75, 3.05) is 18.8 Å². The molecule has 0 atom stereocenters. The molecular weight excluding hydrogens is 350 g/mol. The Morgan fingerprint density at radius 3 is 2.36 bits per heavy atom. The zero-order valence-electron chi connectivity index (χ0n) is 13.3. The molecule has 1 fully saturated rings. The minimum atomic E-state index is -1.08. The Bertz CT molecular complexity index is 775. The zero-order valence-corrected chi connectivity index (χ0v) is 14.1. The lowest BCUT2D eigenvalue weighted by molar-refractivity contribution is 0.0596. The molecule has 1 aliphatic rings. The summed E-state index contributed by atoms with van der Waals surface area (Å²) in [5, 5.41) is 0.636. The van der Waals surface area contributed by atoms with Gasteiger partial charge in [0.2, 0.25) is 0 Å². The van der Waals surface area contributed by atoms with Crippen molar-refractivity contribution in [2.45, 2.75) is 18.9 Å². The molecule has 132 valence electrons. The van der Waals surface area contributed by atoms with Crippen LogP contribution in [-0.4, -0.2) is 30.0 Å². The molecule has 1 aliphatic heterocycles. The maximum atomic E-state index is 13.4. The number of nitrogen functional groups attached to an aromatic ring is 1. The molecule has 2 aromatic carbocycles. The van der Waals surface area contributed by atoms with Crippen LogP contribution in [-0.2, 0) is 0 Å². The standard InChI is InChI=1S/C18H17ClF2N2O2/c19-11-1-3-12(4-2-11)25-13-5-7-23(8-6-13)18(24)14-9-15(20)16(21)10-17(14)22/h1-4,9-10,13H,5-8,22H2. The highest BCUT2D eigenvalue weighted by Gasteiger charge is 2.26. The van der Waals surface area contributed by atoms with Gasteiger partial charge in [-0.2, -0.15) is 0 Å². The SMILES string of the molecule is Nc1cc(F)c(F)cc1C(=O)N1CCC(Oc2ccc(Cl)cc2)CC1. The van der Waals surface area contributed by atoms with Crippen molar-refractivity contribution >= 4 is 23.2 Å². The number of anilines is 1. The molecule has 0 saturated carbocycles. The fraction of sp³-hybridized carbons (Fsp3) is 0.278. The fourth-order valence-electron chi connectivity index (χ4n) is 2.80. The summed E-state index contributed by atoms with van der Waals surface area (Å²) in [6.07, 6.45) is 1.25. The van der Waals surface area contributed by atoms with Crippen LogP contribution in [0.25, 0.3) is 0 Å². The molecule has 7 heteroatoms. The van der Waals surface area contributed by atoms with Gasteiger partial charge in [-0.1, -0.05) is 11.6 Å². The van der Waals surface area contributed by atoms with Gasteiger partial charge < -0.3 is 15.4 Å². The average molecular weight is 367 g/mol. The van der Waals surface area contributed by atoms with E-state index >= 15 is 0 Å². The van der Waals surface area contributed by atoms with E-state index in [4.69, 9.17) is 22.1 Å². The van der Waals surface area contributed by atoms with Gasteiger partial charge in [-0.3, -0.25) is 4.79 Å². The maximum absolute atomic E-state index is 13.4. The van der Waals surface area contributed by atoms with Gasteiger partial charge in [0.1, 0.15) is 11.9 Å². The quantitative estimate of drug-likeness (QED) is 0.838. The molecule has 25 heavy (non-hydrogen) atoms. The first-order valence-corrected chi connectivity index (χ1v) is 8.28. The second-order valence-corrected chi connectivity index (χ2v) is 6.35. The predicted octanol–water partition coefficient (Wildman–Crippen LogP) is 3.88. The van der Waals surface area contributed by atoms with E-state index < -0.39 is 17.5 Å². The summed E-state index contributed by atoms with van der Waals surface area (Å²) in [6, 6.07) is 8.77. The molecule has 0 spiro atoms. The second kappa shape index (κ2) is 7.27. The number of carbonyl (C=O) groups excluding carboxylic acids is 1. The van der Waals surface area contributed by atoms with Gasteiger partial charge >= 0.3 is 0 Å².